The number of hydrogen-bond donors (Lipinski definition) is 1. The lowest BCUT2D eigenvalue weighted by Crippen LogP contribution is -2.24. The predicted molar refractivity (Wildman–Crippen MR) is 107 cm³/mol. The molecule has 1 atom stereocenters. The number of hydrogen-bond acceptors (Lipinski definition) is 1. The molecule has 0 fully saturated rings. The van der Waals surface area contributed by atoms with Gasteiger partial charge >= 0.3 is 0 Å². The van der Waals surface area contributed by atoms with Gasteiger partial charge < -0.3 is 5.32 Å². The van der Waals surface area contributed by atoms with Gasteiger partial charge in [0, 0.05) is 17.5 Å². The fourth-order valence-electron chi connectivity index (χ4n) is 3.53. The maximum atomic E-state index is 14.1. The smallest absolute Gasteiger partial charge is 0.127 e. The maximum Gasteiger partial charge on any atom is 0.127 e. The van der Waals surface area contributed by atoms with Crippen LogP contribution < -0.4 is 5.32 Å². The van der Waals surface area contributed by atoms with Crippen LogP contribution in [0.15, 0.2) is 84.9 Å². The molecule has 0 saturated carbocycles. The van der Waals surface area contributed by atoms with E-state index in [1.54, 1.807) is 6.07 Å². The molecule has 1 unspecified atom stereocenters. The quantitative estimate of drug-likeness (QED) is 0.520. The van der Waals surface area contributed by atoms with Crippen LogP contribution in [-0.4, -0.2) is 6.54 Å². The van der Waals surface area contributed by atoms with Gasteiger partial charge in [0.2, 0.25) is 0 Å². The zero-order chi connectivity index (χ0) is 18.2. The Morgan fingerprint density at radius 1 is 0.769 bits per heavy atom. The summed E-state index contributed by atoms with van der Waals surface area (Å²) in [4.78, 5) is 0. The molecule has 0 bridgehead atoms. The second-order valence-corrected chi connectivity index (χ2v) is 6.60. The van der Waals surface area contributed by atoms with E-state index in [1.807, 2.05) is 12.1 Å². The summed E-state index contributed by atoms with van der Waals surface area (Å²) in [5.41, 5.74) is 3.39. The minimum Gasteiger partial charge on any atom is -0.310 e. The molecule has 26 heavy (non-hydrogen) atoms. The van der Waals surface area contributed by atoms with Crippen molar-refractivity contribution in [3.63, 3.8) is 0 Å². The summed E-state index contributed by atoms with van der Waals surface area (Å²) < 4.78 is 14.1. The summed E-state index contributed by atoms with van der Waals surface area (Å²) in [6.45, 7) is 2.93. The summed E-state index contributed by atoms with van der Waals surface area (Å²) in [7, 11) is 0. The Bertz CT molecular complexity index is 746. The van der Waals surface area contributed by atoms with Gasteiger partial charge in [-0.25, -0.2) is 4.39 Å². The third-order valence-corrected chi connectivity index (χ3v) is 4.92. The van der Waals surface area contributed by atoms with E-state index >= 15 is 0 Å². The largest absolute Gasteiger partial charge is 0.310 e. The average Bonchev–Trinajstić information content (AvgIpc) is 2.70. The van der Waals surface area contributed by atoms with Crippen molar-refractivity contribution in [1.82, 2.24) is 5.32 Å². The van der Waals surface area contributed by atoms with Crippen molar-refractivity contribution < 1.29 is 4.39 Å². The van der Waals surface area contributed by atoms with Crippen LogP contribution in [0.1, 0.15) is 48.4 Å². The predicted octanol–water partition coefficient (Wildman–Crippen LogP) is 6.09. The summed E-state index contributed by atoms with van der Waals surface area (Å²) in [6, 6.07) is 28.3. The molecule has 134 valence electrons. The standard InChI is InChI=1S/C24H26FN/c1-2-24(22-15-9-10-16-23(22)25)26-18-17-21(19-11-5-3-6-12-19)20-13-7-4-8-14-20/h3-16,21,24,26H,2,17-18H2,1H3. The van der Waals surface area contributed by atoms with Crippen molar-refractivity contribution in [2.45, 2.75) is 31.7 Å². The normalized spacial score (nSPS) is 12.3. The Hall–Kier alpha value is -2.45. The lowest BCUT2D eigenvalue weighted by molar-refractivity contribution is 0.475. The molecule has 3 aromatic carbocycles. The first kappa shape index (κ1) is 18.3. The zero-order valence-corrected chi connectivity index (χ0v) is 15.2. The highest BCUT2D eigenvalue weighted by atomic mass is 19.1. The molecular formula is C24H26FN. The van der Waals surface area contributed by atoms with Crippen molar-refractivity contribution in [2.24, 2.45) is 0 Å². The first-order valence-corrected chi connectivity index (χ1v) is 9.37. The van der Waals surface area contributed by atoms with Gasteiger partial charge in [-0.3, -0.25) is 0 Å². The molecule has 0 aromatic heterocycles. The monoisotopic (exact) mass is 347 g/mol. The van der Waals surface area contributed by atoms with Crippen LogP contribution in [0.25, 0.3) is 0 Å². The number of benzene rings is 3. The molecule has 3 rings (SSSR count). The fourth-order valence-corrected chi connectivity index (χ4v) is 3.53. The Morgan fingerprint density at radius 2 is 1.31 bits per heavy atom. The Morgan fingerprint density at radius 3 is 1.85 bits per heavy atom. The van der Waals surface area contributed by atoms with Crippen LogP contribution in [0.5, 0.6) is 0 Å². The van der Waals surface area contributed by atoms with Crippen LogP contribution in [0.2, 0.25) is 0 Å². The van der Waals surface area contributed by atoms with E-state index in [0.29, 0.717) is 5.92 Å². The van der Waals surface area contributed by atoms with Gasteiger partial charge in [-0.1, -0.05) is 85.8 Å². The fraction of sp³-hybridized carbons (Fsp3) is 0.250. The Balaban J connectivity index is 1.71. The summed E-state index contributed by atoms with van der Waals surface area (Å²) in [6.07, 6.45) is 1.83. The van der Waals surface area contributed by atoms with Gasteiger partial charge in [0.1, 0.15) is 5.82 Å². The van der Waals surface area contributed by atoms with Crippen LogP contribution in [0, 0.1) is 5.82 Å². The number of rotatable bonds is 8. The van der Waals surface area contributed by atoms with Crippen molar-refractivity contribution in [3.05, 3.63) is 107 Å². The van der Waals surface area contributed by atoms with Crippen molar-refractivity contribution in [2.75, 3.05) is 6.54 Å². The molecule has 1 N–H and O–H groups in total. The van der Waals surface area contributed by atoms with Gasteiger partial charge in [-0.2, -0.15) is 0 Å². The molecule has 3 aromatic rings. The minimum absolute atomic E-state index is 0.0448. The van der Waals surface area contributed by atoms with E-state index in [-0.39, 0.29) is 11.9 Å². The molecular weight excluding hydrogens is 321 g/mol. The minimum atomic E-state index is -0.130. The average molecular weight is 347 g/mol. The van der Waals surface area contributed by atoms with E-state index < -0.39 is 0 Å². The molecule has 0 heterocycles. The van der Waals surface area contributed by atoms with Crippen LogP contribution in [0.4, 0.5) is 4.39 Å². The van der Waals surface area contributed by atoms with E-state index in [9.17, 15) is 4.39 Å². The van der Waals surface area contributed by atoms with E-state index in [1.165, 1.54) is 17.2 Å². The van der Waals surface area contributed by atoms with Crippen molar-refractivity contribution >= 4 is 0 Å². The lowest BCUT2D eigenvalue weighted by Gasteiger charge is -2.22. The summed E-state index contributed by atoms with van der Waals surface area (Å²) >= 11 is 0. The van der Waals surface area contributed by atoms with Crippen LogP contribution in [0.3, 0.4) is 0 Å². The Kier molecular flexibility index (Phi) is 6.56. The van der Waals surface area contributed by atoms with Crippen molar-refractivity contribution in [3.8, 4) is 0 Å². The molecule has 2 heteroatoms. The van der Waals surface area contributed by atoms with Gasteiger partial charge in [-0.05, 0) is 36.6 Å². The highest BCUT2D eigenvalue weighted by molar-refractivity contribution is 5.32. The zero-order valence-electron chi connectivity index (χ0n) is 15.2. The van der Waals surface area contributed by atoms with E-state index in [2.05, 4.69) is 72.9 Å². The molecule has 1 nitrogen and oxygen atoms in total. The van der Waals surface area contributed by atoms with Crippen LogP contribution in [-0.2, 0) is 0 Å². The molecule has 0 aliphatic carbocycles. The molecule has 0 saturated heterocycles. The Labute approximate surface area is 155 Å². The number of nitrogens with one attached hydrogen (secondary N) is 1. The third kappa shape index (κ3) is 4.59. The van der Waals surface area contributed by atoms with Gasteiger partial charge in [0.05, 0.1) is 0 Å². The molecule has 0 spiro atoms. The maximum absolute atomic E-state index is 14.1. The first-order valence-electron chi connectivity index (χ1n) is 9.37. The first-order chi connectivity index (χ1) is 12.8. The highest BCUT2D eigenvalue weighted by Crippen LogP contribution is 2.28. The molecule has 0 aliphatic heterocycles. The summed E-state index contributed by atoms with van der Waals surface area (Å²) in [5.74, 6) is 0.206. The van der Waals surface area contributed by atoms with Gasteiger partial charge in [0.25, 0.3) is 0 Å². The topological polar surface area (TPSA) is 12.0 Å². The van der Waals surface area contributed by atoms with E-state index in [4.69, 9.17) is 0 Å². The molecule has 0 radical (unpaired) electrons. The van der Waals surface area contributed by atoms with Gasteiger partial charge in [-0.15, -0.1) is 0 Å². The molecule has 0 amide bonds. The lowest BCUT2D eigenvalue weighted by atomic mass is 9.88. The molecule has 0 aliphatic rings. The summed E-state index contributed by atoms with van der Waals surface area (Å²) in [5, 5.41) is 3.56. The van der Waals surface area contributed by atoms with Crippen LogP contribution >= 0.6 is 0 Å². The van der Waals surface area contributed by atoms with Gasteiger partial charge in [0.15, 0.2) is 0 Å². The second kappa shape index (κ2) is 9.30. The highest BCUT2D eigenvalue weighted by Gasteiger charge is 2.16. The number of halogens is 1. The second-order valence-electron chi connectivity index (χ2n) is 6.60. The third-order valence-electron chi connectivity index (χ3n) is 4.92. The van der Waals surface area contributed by atoms with E-state index in [0.717, 1.165) is 24.9 Å². The SMILES string of the molecule is CCC(NCCC(c1ccccc1)c1ccccc1)c1ccccc1F. The van der Waals surface area contributed by atoms with Crippen molar-refractivity contribution in [1.29, 1.82) is 0 Å².